The molecular weight excluding hydrogens is 448 g/mol. The number of rotatable bonds is 19. The second kappa shape index (κ2) is 16.9. The van der Waals surface area contributed by atoms with Crippen LogP contribution in [-0.4, -0.2) is 23.3 Å². The number of ether oxygens (including phenoxy) is 2. The van der Waals surface area contributed by atoms with Crippen LogP contribution in [0.3, 0.4) is 0 Å². The first kappa shape index (κ1) is 30.5. The maximum Gasteiger partial charge on any atom is 0.344 e. The number of carbonyl (C=O) groups is 1. The Hall–Kier alpha value is -1.71. The van der Waals surface area contributed by atoms with E-state index in [0.717, 1.165) is 42.1 Å². The van der Waals surface area contributed by atoms with Crippen molar-refractivity contribution in [1.82, 2.24) is 0 Å². The summed E-state index contributed by atoms with van der Waals surface area (Å²) in [6.07, 6.45) is 21.9. The first-order chi connectivity index (χ1) is 17.3. The van der Waals surface area contributed by atoms with Crippen LogP contribution in [0.1, 0.15) is 140 Å². The number of carboxylic acids is 1. The zero-order valence-corrected chi connectivity index (χ0v) is 24.0. The lowest BCUT2D eigenvalue weighted by molar-refractivity contribution is -0.144. The van der Waals surface area contributed by atoms with Crippen LogP contribution in [-0.2, 0) is 11.2 Å². The molecule has 0 saturated heterocycles. The SMILES string of the molecule is CCCCCCCCC(C)CCCCCCCC[C@@H]1CCc2c(cc(C)c(OC(C)C(=O)O)c2C)O1. The van der Waals surface area contributed by atoms with E-state index in [1.807, 2.05) is 19.9 Å². The Morgan fingerprint density at radius 1 is 0.972 bits per heavy atom. The number of hydrogen-bond acceptors (Lipinski definition) is 3. The third kappa shape index (κ3) is 10.7. The zero-order valence-electron chi connectivity index (χ0n) is 24.0. The summed E-state index contributed by atoms with van der Waals surface area (Å²) in [4.78, 5) is 11.2. The summed E-state index contributed by atoms with van der Waals surface area (Å²) in [5.41, 5.74) is 3.15. The van der Waals surface area contributed by atoms with E-state index < -0.39 is 12.1 Å². The van der Waals surface area contributed by atoms with Crippen molar-refractivity contribution in [3.63, 3.8) is 0 Å². The summed E-state index contributed by atoms with van der Waals surface area (Å²) < 4.78 is 12.1. The zero-order chi connectivity index (χ0) is 26.3. The fourth-order valence-electron chi connectivity index (χ4n) is 5.53. The van der Waals surface area contributed by atoms with Crippen molar-refractivity contribution in [2.75, 3.05) is 0 Å². The predicted molar refractivity (Wildman–Crippen MR) is 150 cm³/mol. The second-order valence-electron chi connectivity index (χ2n) is 11.4. The highest BCUT2D eigenvalue weighted by Gasteiger charge is 2.25. The standard InChI is InChI=1S/C32H54O4/c1-6-7-8-9-12-15-18-24(2)19-16-13-10-11-14-17-20-28-21-22-29-26(4)31(35-27(5)32(33)34)25(3)23-30(29)36-28/h23-24,27-28H,6-22H2,1-5H3,(H,33,34)/t24?,27?,28-/m1/s1. The third-order valence-corrected chi connectivity index (χ3v) is 7.97. The normalized spacial score (nSPS) is 16.8. The number of hydrogen-bond donors (Lipinski definition) is 1. The van der Waals surface area contributed by atoms with Gasteiger partial charge in [0.25, 0.3) is 0 Å². The molecule has 0 aromatic heterocycles. The molecular formula is C32H54O4. The van der Waals surface area contributed by atoms with Gasteiger partial charge >= 0.3 is 5.97 Å². The van der Waals surface area contributed by atoms with Crippen LogP contribution in [0.5, 0.6) is 11.5 Å². The molecule has 36 heavy (non-hydrogen) atoms. The number of fused-ring (bicyclic) bond motifs is 1. The van der Waals surface area contributed by atoms with Crippen molar-refractivity contribution in [3.8, 4) is 11.5 Å². The second-order valence-corrected chi connectivity index (χ2v) is 11.4. The number of benzene rings is 1. The minimum absolute atomic E-state index is 0.295. The Labute approximate surface area is 221 Å². The molecule has 0 amide bonds. The number of carboxylic acid groups (broad SMARTS) is 1. The van der Waals surface area contributed by atoms with Gasteiger partial charge in [-0.25, -0.2) is 4.79 Å². The molecule has 0 saturated carbocycles. The topological polar surface area (TPSA) is 55.8 Å². The largest absolute Gasteiger partial charge is 0.490 e. The molecule has 0 spiro atoms. The highest BCUT2D eigenvalue weighted by atomic mass is 16.5. The minimum Gasteiger partial charge on any atom is -0.490 e. The molecule has 1 heterocycles. The maximum absolute atomic E-state index is 11.2. The summed E-state index contributed by atoms with van der Waals surface area (Å²) in [5, 5.41) is 9.19. The van der Waals surface area contributed by atoms with Crippen molar-refractivity contribution in [2.45, 2.75) is 156 Å². The van der Waals surface area contributed by atoms with Gasteiger partial charge in [0.15, 0.2) is 6.10 Å². The molecule has 3 atom stereocenters. The molecule has 1 aromatic carbocycles. The van der Waals surface area contributed by atoms with Crippen LogP contribution >= 0.6 is 0 Å². The summed E-state index contributed by atoms with van der Waals surface area (Å²) in [6, 6.07) is 2.03. The summed E-state index contributed by atoms with van der Waals surface area (Å²) in [5.74, 6) is 1.62. The molecule has 1 aliphatic heterocycles. The van der Waals surface area contributed by atoms with E-state index in [0.29, 0.717) is 11.9 Å². The van der Waals surface area contributed by atoms with Gasteiger partial charge in [-0.2, -0.15) is 0 Å². The van der Waals surface area contributed by atoms with E-state index >= 15 is 0 Å². The van der Waals surface area contributed by atoms with E-state index in [2.05, 4.69) is 13.8 Å². The highest BCUT2D eigenvalue weighted by Crippen LogP contribution is 2.39. The number of unbranched alkanes of at least 4 members (excludes halogenated alkanes) is 10. The molecule has 2 rings (SSSR count). The van der Waals surface area contributed by atoms with Crippen molar-refractivity contribution in [2.24, 2.45) is 5.92 Å². The quantitative estimate of drug-likeness (QED) is 0.191. The first-order valence-corrected chi connectivity index (χ1v) is 15.0. The number of aliphatic carboxylic acids is 1. The van der Waals surface area contributed by atoms with Crippen LogP contribution in [0.25, 0.3) is 0 Å². The number of aryl methyl sites for hydroxylation is 1. The lowest BCUT2D eigenvalue weighted by Crippen LogP contribution is -2.26. The molecule has 0 aliphatic carbocycles. The predicted octanol–water partition coefficient (Wildman–Crippen LogP) is 9.36. The Bertz CT molecular complexity index is 772. The average molecular weight is 503 g/mol. The molecule has 206 valence electrons. The van der Waals surface area contributed by atoms with Crippen molar-refractivity contribution >= 4 is 5.97 Å². The van der Waals surface area contributed by atoms with Gasteiger partial charge in [-0.15, -0.1) is 0 Å². The molecule has 1 aromatic rings. The van der Waals surface area contributed by atoms with Gasteiger partial charge in [-0.1, -0.05) is 97.3 Å². The average Bonchev–Trinajstić information content (AvgIpc) is 2.85. The van der Waals surface area contributed by atoms with Gasteiger partial charge in [0.1, 0.15) is 11.5 Å². The molecule has 2 unspecified atom stereocenters. The van der Waals surface area contributed by atoms with Crippen LogP contribution in [0.4, 0.5) is 0 Å². The van der Waals surface area contributed by atoms with Gasteiger partial charge in [0, 0.05) is 5.56 Å². The highest BCUT2D eigenvalue weighted by molar-refractivity contribution is 5.72. The van der Waals surface area contributed by atoms with Crippen molar-refractivity contribution in [1.29, 1.82) is 0 Å². The lowest BCUT2D eigenvalue weighted by atomic mass is 9.93. The van der Waals surface area contributed by atoms with Gasteiger partial charge in [-0.3, -0.25) is 0 Å². The van der Waals surface area contributed by atoms with Crippen LogP contribution in [0.2, 0.25) is 0 Å². The minimum atomic E-state index is -0.944. The monoisotopic (exact) mass is 502 g/mol. The van der Waals surface area contributed by atoms with Gasteiger partial charge in [0.2, 0.25) is 0 Å². The van der Waals surface area contributed by atoms with Gasteiger partial charge in [0.05, 0.1) is 6.10 Å². The lowest BCUT2D eigenvalue weighted by Gasteiger charge is -2.29. The molecule has 0 fully saturated rings. The van der Waals surface area contributed by atoms with Gasteiger partial charge < -0.3 is 14.6 Å². The summed E-state index contributed by atoms with van der Waals surface area (Å²) in [7, 11) is 0. The van der Waals surface area contributed by atoms with Crippen LogP contribution < -0.4 is 9.47 Å². The van der Waals surface area contributed by atoms with E-state index in [-0.39, 0.29) is 0 Å². The molecule has 4 heteroatoms. The maximum atomic E-state index is 11.2. The van der Waals surface area contributed by atoms with Crippen molar-refractivity contribution in [3.05, 3.63) is 22.8 Å². The summed E-state index contributed by atoms with van der Waals surface area (Å²) >= 11 is 0. The Balaban J connectivity index is 1.57. The molecule has 1 N–H and O–H groups in total. The fourth-order valence-corrected chi connectivity index (χ4v) is 5.53. The summed E-state index contributed by atoms with van der Waals surface area (Å²) in [6.45, 7) is 10.3. The van der Waals surface area contributed by atoms with Crippen molar-refractivity contribution < 1.29 is 19.4 Å². The molecule has 4 nitrogen and oxygen atoms in total. The first-order valence-electron chi connectivity index (χ1n) is 15.0. The van der Waals surface area contributed by atoms with E-state index in [1.54, 1.807) is 6.92 Å². The fraction of sp³-hybridized carbons (Fsp3) is 0.781. The molecule has 0 radical (unpaired) electrons. The molecule has 0 bridgehead atoms. The smallest absolute Gasteiger partial charge is 0.344 e. The Morgan fingerprint density at radius 3 is 2.17 bits per heavy atom. The van der Waals surface area contributed by atoms with Crippen LogP contribution in [0, 0.1) is 19.8 Å². The van der Waals surface area contributed by atoms with Crippen LogP contribution in [0.15, 0.2) is 6.07 Å². The Morgan fingerprint density at radius 2 is 1.56 bits per heavy atom. The third-order valence-electron chi connectivity index (χ3n) is 7.97. The van der Waals surface area contributed by atoms with Gasteiger partial charge in [-0.05, 0) is 69.6 Å². The van der Waals surface area contributed by atoms with E-state index in [9.17, 15) is 9.90 Å². The Kier molecular flexibility index (Phi) is 14.3. The van der Waals surface area contributed by atoms with E-state index in [4.69, 9.17) is 9.47 Å². The van der Waals surface area contributed by atoms with E-state index in [1.165, 1.54) is 95.5 Å². The molecule has 1 aliphatic rings.